The summed E-state index contributed by atoms with van der Waals surface area (Å²) in [7, 11) is 0. The third kappa shape index (κ3) is 10.2. The van der Waals surface area contributed by atoms with Gasteiger partial charge in [-0.1, -0.05) is 55.3 Å². The van der Waals surface area contributed by atoms with Crippen molar-refractivity contribution in [2.24, 2.45) is 0 Å². The third-order valence-corrected chi connectivity index (χ3v) is 9.60. The van der Waals surface area contributed by atoms with Crippen LogP contribution < -0.4 is 30.7 Å². The Bertz CT molecular complexity index is 1660. The highest BCUT2D eigenvalue weighted by atomic mass is 35.5. The van der Waals surface area contributed by atoms with E-state index >= 15 is 0 Å². The Labute approximate surface area is 308 Å². The van der Waals surface area contributed by atoms with Crippen molar-refractivity contribution in [3.63, 3.8) is 0 Å². The number of aliphatic hydroxyl groups excluding tert-OH is 1. The molecule has 1 spiro atoms. The fraction of sp³-hybridized carbons (Fsp3) is 0.486. The first-order valence-corrected chi connectivity index (χ1v) is 18.2. The first-order chi connectivity index (χ1) is 25.1. The first kappa shape index (κ1) is 38.6. The summed E-state index contributed by atoms with van der Waals surface area (Å²) in [6.45, 7) is 4.70. The lowest BCUT2D eigenvalue weighted by Gasteiger charge is -2.41. The summed E-state index contributed by atoms with van der Waals surface area (Å²) in [6, 6.07) is 12.5. The number of halogens is 1. The molecule has 6 N–H and O–H groups in total. The van der Waals surface area contributed by atoms with Crippen LogP contribution in [0.3, 0.4) is 0 Å². The number of nitrogens with one attached hydrogen (secondary N) is 5. The molecule has 14 nitrogen and oxygen atoms in total. The zero-order valence-corrected chi connectivity index (χ0v) is 30.3. The smallest absolute Gasteiger partial charge is 0.264 e. The van der Waals surface area contributed by atoms with Gasteiger partial charge in [-0.15, -0.1) is 0 Å². The Kier molecular flexibility index (Phi) is 13.5. The van der Waals surface area contributed by atoms with Gasteiger partial charge in [0.15, 0.2) is 10.8 Å². The van der Waals surface area contributed by atoms with Crippen molar-refractivity contribution < 1.29 is 33.8 Å². The minimum atomic E-state index is -1.38. The highest BCUT2D eigenvalue weighted by Crippen LogP contribution is 2.32. The van der Waals surface area contributed by atoms with Crippen LogP contribution in [0.5, 0.6) is 11.5 Å². The monoisotopic (exact) mass is 737 g/mol. The summed E-state index contributed by atoms with van der Waals surface area (Å²) in [5.74, 6) is -0.571. The number of aryl methyl sites for hydroxylation is 1. The number of hydrogen-bond donors (Lipinski definition) is 6. The van der Waals surface area contributed by atoms with E-state index in [1.807, 2.05) is 30.3 Å². The van der Waals surface area contributed by atoms with Crippen molar-refractivity contribution in [2.45, 2.75) is 82.6 Å². The van der Waals surface area contributed by atoms with E-state index in [2.05, 4.69) is 43.1 Å². The van der Waals surface area contributed by atoms with Gasteiger partial charge in [0.25, 0.3) is 5.91 Å². The van der Waals surface area contributed by atoms with Crippen LogP contribution in [-0.4, -0.2) is 100 Å². The third-order valence-electron chi connectivity index (χ3n) is 9.28. The molecule has 0 aliphatic carbocycles. The van der Waals surface area contributed by atoms with Crippen molar-refractivity contribution in [3.05, 3.63) is 76.8 Å². The SMILES string of the molecule is CCCCc1nc(Cl)c(CN2CCC3(CC2)Oc2ccc(cc2)OCCNC(=O)[C@H](C)NC(=O)[C@H](CO)NC(=O)[C@@H](Cc2ccccc2)NC3=O)[nH]1. The van der Waals surface area contributed by atoms with Gasteiger partial charge < -0.3 is 40.8 Å². The Morgan fingerprint density at radius 2 is 1.62 bits per heavy atom. The Hall–Kier alpha value is -4.66. The van der Waals surface area contributed by atoms with E-state index in [4.69, 9.17) is 21.1 Å². The number of fused-ring (bicyclic) bond motifs is 15. The molecule has 0 radical (unpaired) electrons. The van der Waals surface area contributed by atoms with Crippen molar-refractivity contribution in [2.75, 3.05) is 32.8 Å². The molecule has 2 aromatic carbocycles. The molecule has 1 saturated heterocycles. The number of hydrogen-bond acceptors (Lipinski definition) is 9. The van der Waals surface area contributed by atoms with E-state index in [9.17, 15) is 24.3 Å². The molecule has 0 saturated carbocycles. The van der Waals surface area contributed by atoms with E-state index < -0.39 is 54.0 Å². The molecule has 52 heavy (non-hydrogen) atoms. The standard InChI is InChI=1S/C37H48ClN7O7/c1-3-4-10-31-41-29(32(38)44-31)22-45-18-15-37(16-19-45)36(50)43-28(21-25-8-6-5-7-9-25)34(48)42-30(23-46)35(49)40-24(2)33(47)39-17-20-51-26-11-13-27(52-37)14-12-26/h5-9,11-14,24,28,30,46H,3-4,10,15-23H2,1-2H3,(H,39,47)(H,40,49)(H,41,44)(H,42,48)(H,43,50)/t24-,28+,30-/m0/s1. The van der Waals surface area contributed by atoms with Crippen molar-refractivity contribution in [1.29, 1.82) is 0 Å². The predicted molar refractivity (Wildman–Crippen MR) is 194 cm³/mol. The molecule has 6 rings (SSSR count). The number of piperidine rings is 1. The maximum atomic E-state index is 14.5. The number of imidazole rings is 1. The Balaban J connectivity index is 1.41. The maximum absolute atomic E-state index is 14.5. The van der Waals surface area contributed by atoms with Gasteiger partial charge in [-0.2, -0.15) is 0 Å². The van der Waals surface area contributed by atoms with E-state index in [-0.39, 0.29) is 19.6 Å². The number of aromatic nitrogens is 2. The Morgan fingerprint density at radius 1 is 0.923 bits per heavy atom. The number of nitrogens with zero attached hydrogens (tertiary/aromatic N) is 2. The molecule has 3 aliphatic rings. The van der Waals surface area contributed by atoms with Crippen LogP contribution in [0.2, 0.25) is 5.15 Å². The largest absolute Gasteiger partial charge is 0.492 e. The molecule has 15 heteroatoms. The van der Waals surface area contributed by atoms with E-state index in [0.29, 0.717) is 49.1 Å². The number of aromatic amines is 1. The van der Waals surface area contributed by atoms with E-state index in [0.717, 1.165) is 36.3 Å². The number of carbonyl (C=O) groups excluding carboxylic acids is 4. The maximum Gasteiger partial charge on any atom is 0.264 e. The number of unbranched alkanes of at least 4 members (excludes halogenated alkanes) is 1. The second-order valence-corrected chi connectivity index (χ2v) is 13.6. The Morgan fingerprint density at radius 3 is 2.31 bits per heavy atom. The number of aliphatic hydroxyl groups is 1. The van der Waals surface area contributed by atoms with Crippen LogP contribution in [-0.2, 0) is 38.6 Å². The zero-order valence-electron chi connectivity index (χ0n) is 29.6. The number of amides is 4. The molecular weight excluding hydrogens is 690 g/mol. The van der Waals surface area contributed by atoms with Crippen LogP contribution >= 0.6 is 11.6 Å². The second kappa shape index (κ2) is 18.2. The molecule has 4 amide bonds. The molecule has 1 fully saturated rings. The van der Waals surface area contributed by atoms with Crippen LogP contribution in [0.15, 0.2) is 54.6 Å². The van der Waals surface area contributed by atoms with Crippen LogP contribution in [0, 0.1) is 0 Å². The number of H-pyrrole nitrogens is 1. The lowest BCUT2D eigenvalue weighted by molar-refractivity contribution is -0.144. The lowest BCUT2D eigenvalue weighted by atomic mass is 9.89. The molecule has 280 valence electrons. The van der Waals surface area contributed by atoms with Crippen molar-refractivity contribution >= 4 is 35.2 Å². The molecule has 3 atom stereocenters. The fourth-order valence-corrected chi connectivity index (χ4v) is 6.41. The van der Waals surface area contributed by atoms with Gasteiger partial charge in [0.05, 0.1) is 18.8 Å². The molecular formula is C37H48ClN7O7. The highest BCUT2D eigenvalue weighted by Gasteiger charge is 2.45. The molecule has 4 heterocycles. The van der Waals surface area contributed by atoms with Gasteiger partial charge in [-0.25, -0.2) is 4.98 Å². The summed E-state index contributed by atoms with van der Waals surface area (Å²) < 4.78 is 12.3. The molecule has 2 bridgehead atoms. The second-order valence-electron chi connectivity index (χ2n) is 13.2. The summed E-state index contributed by atoms with van der Waals surface area (Å²) in [6.07, 6.45) is 3.56. The van der Waals surface area contributed by atoms with Crippen molar-refractivity contribution in [1.82, 2.24) is 36.1 Å². The fourth-order valence-electron chi connectivity index (χ4n) is 6.20. The van der Waals surface area contributed by atoms with Crippen LogP contribution in [0.4, 0.5) is 0 Å². The number of likely N-dealkylation sites (tertiary alicyclic amines) is 1. The summed E-state index contributed by atoms with van der Waals surface area (Å²) in [5.41, 5.74) is 0.228. The summed E-state index contributed by atoms with van der Waals surface area (Å²) in [4.78, 5) is 64.0. The average molecular weight is 738 g/mol. The minimum absolute atomic E-state index is 0.101. The van der Waals surface area contributed by atoms with Crippen LogP contribution in [0.25, 0.3) is 0 Å². The van der Waals surface area contributed by atoms with Gasteiger partial charge in [-0.3, -0.25) is 24.1 Å². The molecule has 0 unspecified atom stereocenters. The van der Waals surface area contributed by atoms with E-state index in [1.165, 1.54) is 6.92 Å². The normalized spacial score (nSPS) is 22.0. The van der Waals surface area contributed by atoms with Gasteiger partial charge in [0, 0.05) is 45.3 Å². The number of rotatable bonds is 8. The summed E-state index contributed by atoms with van der Waals surface area (Å²) in [5, 5.41) is 21.2. The number of carbonyl (C=O) groups is 4. The minimum Gasteiger partial charge on any atom is -0.492 e. The number of benzene rings is 2. The zero-order chi connectivity index (χ0) is 37.1. The topological polar surface area (TPSA) is 187 Å². The van der Waals surface area contributed by atoms with Crippen LogP contribution in [0.1, 0.15) is 56.6 Å². The molecule has 3 aliphatic heterocycles. The lowest BCUT2D eigenvalue weighted by Crippen LogP contribution is -2.62. The van der Waals surface area contributed by atoms with E-state index in [1.54, 1.807) is 24.3 Å². The van der Waals surface area contributed by atoms with Crippen molar-refractivity contribution in [3.8, 4) is 11.5 Å². The average Bonchev–Trinajstić information content (AvgIpc) is 3.50. The van der Waals surface area contributed by atoms with Gasteiger partial charge >= 0.3 is 0 Å². The summed E-state index contributed by atoms with van der Waals surface area (Å²) >= 11 is 6.49. The van der Waals surface area contributed by atoms with Gasteiger partial charge in [0.2, 0.25) is 17.7 Å². The molecule has 1 aromatic heterocycles. The number of ether oxygens (including phenoxy) is 2. The molecule has 3 aromatic rings. The highest BCUT2D eigenvalue weighted by molar-refractivity contribution is 6.30. The predicted octanol–water partition coefficient (Wildman–Crippen LogP) is 2.04. The van der Waals surface area contributed by atoms with Gasteiger partial charge in [-0.05, 0) is 43.2 Å². The quantitative estimate of drug-likeness (QED) is 0.188. The first-order valence-electron chi connectivity index (χ1n) is 17.8. The van der Waals surface area contributed by atoms with Gasteiger partial charge in [0.1, 0.15) is 42.1 Å².